The van der Waals surface area contributed by atoms with Crippen molar-refractivity contribution in [1.82, 2.24) is 0 Å². The zero-order valence-corrected chi connectivity index (χ0v) is 30.0. The van der Waals surface area contributed by atoms with Crippen molar-refractivity contribution in [2.45, 2.75) is 19.6 Å². The van der Waals surface area contributed by atoms with Crippen molar-refractivity contribution in [3.05, 3.63) is 54.3 Å². The van der Waals surface area contributed by atoms with Gasteiger partial charge in [-0.3, -0.25) is 18.2 Å². The third kappa shape index (κ3) is 9.42. The Labute approximate surface area is 298 Å². The molecule has 0 heterocycles. The highest BCUT2D eigenvalue weighted by Crippen LogP contribution is 2.48. The van der Waals surface area contributed by atoms with E-state index in [4.69, 9.17) is 15.0 Å². The lowest BCUT2D eigenvalue weighted by atomic mass is 10.1. The van der Waals surface area contributed by atoms with Crippen LogP contribution in [0.4, 0.5) is 32.8 Å². The molecular weight excluding hydrogens is 822 g/mol. The molecule has 286 valence electrons. The largest absolute Gasteiger partial charge is 0.505 e. The van der Waals surface area contributed by atoms with E-state index in [0.29, 0.717) is 24.3 Å². The molecule has 4 aromatic rings. The second kappa shape index (κ2) is 14.6. The minimum absolute atomic E-state index is 0.184. The maximum absolute atomic E-state index is 13.9. The van der Waals surface area contributed by atoms with Crippen molar-refractivity contribution >= 4 is 89.8 Å². The van der Waals surface area contributed by atoms with Crippen LogP contribution in [0.3, 0.4) is 0 Å². The minimum Gasteiger partial charge on any atom is -0.505 e. The summed E-state index contributed by atoms with van der Waals surface area (Å²) in [6.45, 7) is -0.991. The van der Waals surface area contributed by atoms with Crippen LogP contribution >= 0.6 is 0 Å². The van der Waals surface area contributed by atoms with E-state index in [-0.39, 0.29) is 5.75 Å². The van der Waals surface area contributed by atoms with E-state index in [1.165, 1.54) is 0 Å². The molecule has 0 aliphatic rings. The number of aromatic hydroxyl groups is 1. The van der Waals surface area contributed by atoms with Crippen molar-refractivity contribution in [2.24, 2.45) is 20.5 Å². The van der Waals surface area contributed by atoms with Gasteiger partial charge in [0, 0.05) is 0 Å². The van der Waals surface area contributed by atoms with Gasteiger partial charge in [-0.15, -0.1) is 15.3 Å². The van der Waals surface area contributed by atoms with Crippen LogP contribution in [0.2, 0.25) is 0 Å². The van der Waals surface area contributed by atoms with Crippen LogP contribution in [0.5, 0.6) is 11.5 Å². The summed E-state index contributed by atoms with van der Waals surface area (Å²) in [6.07, 6.45) is 0. The Morgan fingerprint density at radius 2 is 1.28 bits per heavy atom. The molecule has 7 N–H and O–H groups in total. The molecule has 0 atom stereocenters. The number of azo groups is 2. The van der Waals surface area contributed by atoms with E-state index in [9.17, 15) is 65.2 Å². The molecule has 4 aromatic carbocycles. The summed E-state index contributed by atoms with van der Waals surface area (Å²) in [6, 6.07) is 5.86. The van der Waals surface area contributed by atoms with Crippen molar-refractivity contribution < 1.29 is 78.7 Å². The number of phenols is 1. The number of methoxy groups -OCH3 is 1. The Bertz CT molecular complexity index is 2790. The first kappa shape index (κ1) is 41.0. The number of anilines is 1. The van der Waals surface area contributed by atoms with Gasteiger partial charge in [0.1, 0.15) is 43.3 Å². The molecule has 0 aliphatic carbocycles. The molecule has 0 spiro atoms. The van der Waals surface area contributed by atoms with Gasteiger partial charge >= 0.3 is 10.4 Å². The van der Waals surface area contributed by atoms with Gasteiger partial charge in [-0.25, -0.2) is 17.0 Å². The third-order valence-electron chi connectivity index (χ3n) is 6.68. The van der Waals surface area contributed by atoms with Gasteiger partial charge in [0.05, 0.1) is 41.1 Å². The van der Waals surface area contributed by atoms with Crippen molar-refractivity contribution in [2.75, 3.05) is 25.2 Å². The lowest BCUT2D eigenvalue weighted by molar-refractivity contribution is 0.284. The molecule has 0 saturated heterocycles. The number of benzene rings is 4. The Kier molecular flexibility index (Phi) is 11.3. The normalized spacial score (nSPS) is 13.3. The predicted molar refractivity (Wildman–Crippen MR) is 177 cm³/mol. The number of nitrogen functional groups attached to an aromatic ring is 1. The zero-order chi connectivity index (χ0) is 39.9. The summed E-state index contributed by atoms with van der Waals surface area (Å²) in [5.41, 5.74) is 2.29. The average Bonchev–Trinajstić information content (AvgIpc) is 3.01. The van der Waals surface area contributed by atoms with E-state index < -0.39 is 133 Å². The lowest BCUT2D eigenvalue weighted by Crippen LogP contribution is -2.15. The van der Waals surface area contributed by atoms with Crippen LogP contribution in [-0.2, 0) is 54.8 Å². The van der Waals surface area contributed by atoms with E-state index >= 15 is 0 Å². The summed E-state index contributed by atoms with van der Waals surface area (Å²) in [5, 5.41) is 24.4. The molecule has 0 aromatic heterocycles. The van der Waals surface area contributed by atoms with Crippen molar-refractivity contribution in [1.29, 1.82) is 0 Å². The molecule has 4 rings (SSSR count). The number of sulfone groups is 1. The first-order valence-electron chi connectivity index (χ1n) is 13.4. The van der Waals surface area contributed by atoms with Gasteiger partial charge in [-0.2, -0.15) is 38.8 Å². The molecule has 0 unspecified atom stereocenters. The molecule has 0 aliphatic heterocycles. The third-order valence-corrected chi connectivity index (χ3v) is 11.4. The molecule has 0 radical (unpaired) electrons. The van der Waals surface area contributed by atoms with Gasteiger partial charge in [0.2, 0.25) is 0 Å². The summed E-state index contributed by atoms with van der Waals surface area (Å²) >= 11 is 0. The van der Waals surface area contributed by atoms with Crippen LogP contribution in [-0.4, -0.2) is 84.9 Å². The molecule has 0 amide bonds. The van der Waals surface area contributed by atoms with E-state index in [2.05, 4.69) is 24.6 Å². The fraction of sp³-hybridized carbons (Fsp3) is 0.120. The van der Waals surface area contributed by atoms with Crippen molar-refractivity contribution in [3.8, 4) is 11.5 Å². The molecule has 22 nitrogen and oxygen atoms in total. The number of hydrogen-bond acceptors (Lipinski definition) is 18. The summed E-state index contributed by atoms with van der Waals surface area (Å²) < 4.78 is 180. The number of hydrogen-bond donors (Lipinski definition) is 6. The summed E-state index contributed by atoms with van der Waals surface area (Å²) in [7, 11) is -24.0. The number of fused-ring (bicyclic) bond motifs is 1. The highest BCUT2D eigenvalue weighted by molar-refractivity contribution is 7.91. The fourth-order valence-corrected chi connectivity index (χ4v) is 7.79. The number of phenolic OH excluding ortho intramolecular Hbond substituents is 1. The first-order valence-corrected chi connectivity index (χ1v) is 20.8. The second-order valence-electron chi connectivity index (χ2n) is 10.1. The van der Waals surface area contributed by atoms with Gasteiger partial charge in [-0.05, 0) is 53.9 Å². The Morgan fingerprint density at radius 3 is 1.83 bits per heavy atom. The monoisotopic (exact) mass is 843 g/mol. The van der Waals surface area contributed by atoms with Crippen molar-refractivity contribution in [3.63, 3.8) is 0 Å². The number of nitrogens with zero attached hydrogens (tertiary/aromatic N) is 4. The van der Waals surface area contributed by atoms with Crippen LogP contribution in [0.25, 0.3) is 10.8 Å². The van der Waals surface area contributed by atoms with Gasteiger partial charge < -0.3 is 15.6 Å². The predicted octanol–water partition coefficient (Wildman–Crippen LogP) is 3.44. The molecule has 53 heavy (non-hydrogen) atoms. The smallest absolute Gasteiger partial charge is 0.397 e. The molecule has 0 fully saturated rings. The second-order valence-corrected chi connectivity index (χ2v) is 17.5. The average molecular weight is 844 g/mol. The molecular formula is C25H22FN5O17S5. The van der Waals surface area contributed by atoms with Crippen LogP contribution in [0.15, 0.2) is 88.6 Å². The molecule has 0 saturated carbocycles. The SMILES string of the molecule is COc1ccc(S(=O)(=O)CCOS(=O)(=O)O)cc1N=Nc1c(S(=O)(=O)O)cc2cc(S(=O)(=O)O)c(N=Nc3ccc(F)c(S(=O)(=O)O)c3)c(O)c2c1N. The maximum atomic E-state index is 13.9. The van der Waals surface area contributed by atoms with E-state index in [1.54, 1.807) is 0 Å². The van der Waals surface area contributed by atoms with Crippen LogP contribution in [0, 0.1) is 5.82 Å². The number of halogens is 1. The first-order chi connectivity index (χ1) is 24.2. The maximum Gasteiger partial charge on any atom is 0.397 e. The van der Waals surface area contributed by atoms with E-state index in [0.717, 1.165) is 31.4 Å². The summed E-state index contributed by atoms with van der Waals surface area (Å²) in [5.74, 6) is -3.78. The standard InChI is InChI=1S/C25H22FN5O17S5/c1-47-17-5-3-14(49(33,34)7-6-48-53(44,45)46)11-16(17)29-30-23-19(51(38,39)40)8-12-9-20(52(41,42)43)24(25(32)21(12)22(23)27)31-28-13-2-4-15(26)18(10-13)50(35,36)37/h2-5,8-11,32H,6-7,27H2,1H3,(H,35,36,37)(H,38,39,40)(H,41,42,43)(H,44,45,46). The van der Waals surface area contributed by atoms with Crippen LogP contribution in [0.1, 0.15) is 0 Å². The lowest BCUT2D eigenvalue weighted by Gasteiger charge is -2.14. The summed E-state index contributed by atoms with van der Waals surface area (Å²) in [4.78, 5) is -4.17. The number of ether oxygens (including phenoxy) is 1. The quantitative estimate of drug-likeness (QED) is 0.0637. The number of nitrogens with two attached hydrogens (primary N) is 1. The fourth-order valence-electron chi connectivity index (χ4n) is 4.38. The zero-order valence-electron chi connectivity index (χ0n) is 26.0. The Hall–Kier alpha value is -4.78. The molecule has 0 bridgehead atoms. The number of rotatable bonds is 13. The van der Waals surface area contributed by atoms with Gasteiger partial charge in [-0.1, -0.05) is 0 Å². The Morgan fingerprint density at radius 1 is 0.717 bits per heavy atom. The minimum atomic E-state index is -5.36. The van der Waals surface area contributed by atoms with Gasteiger partial charge in [0.15, 0.2) is 15.6 Å². The highest BCUT2D eigenvalue weighted by atomic mass is 32.3. The topological polar surface area (TPSA) is 366 Å². The van der Waals surface area contributed by atoms with E-state index in [1.807, 2.05) is 0 Å². The highest BCUT2D eigenvalue weighted by Gasteiger charge is 2.28. The molecule has 28 heteroatoms. The Balaban J connectivity index is 1.95. The van der Waals surface area contributed by atoms with Gasteiger partial charge in [0.25, 0.3) is 30.4 Å². The van der Waals surface area contributed by atoms with Crippen LogP contribution < -0.4 is 10.5 Å².